The van der Waals surface area contributed by atoms with Gasteiger partial charge >= 0.3 is 0 Å². The van der Waals surface area contributed by atoms with E-state index in [2.05, 4.69) is 25.2 Å². The molecule has 0 aliphatic carbocycles. The quantitative estimate of drug-likeness (QED) is 0.687. The number of hydrogen-bond acceptors (Lipinski definition) is 4. The van der Waals surface area contributed by atoms with Gasteiger partial charge in [-0.05, 0) is 12.1 Å². The molecule has 2 rings (SSSR count). The normalized spacial score (nSPS) is 10.8. The highest BCUT2D eigenvalue weighted by Crippen LogP contribution is 1.98. The van der Waals surface area contributed by atoms with Gasteiger partial charge in [-0.1, -0.05) is 6.07 Å². The van der Waals surface area contributed by atoms with Crippen LogP contribution in [0.3, 0.4) is 0 Å². The predicted molar refractivity (Wildman–Crippen MR) is 47.9 cm³/mol. The smallest absolute Gasteiger partial charge is 0.245 e. The summed E-state index contributed by atoms with van der Waals surface area (Å²) in [6.07, 6.45) is 4.74. The third-order valence-corrected chi connectivity index (χ3v) is 1.41. The van der Waals surface area contributed by atoms with Crippen LogP contribution in [0.5, 0.6) is 0 Å². The number of pyridine rings is 1. The molecule has 0 aliphatic rings. The molecule has 2 heterocycles. The van der Waals surface area contributed by atoms with E-state index in [1.54, 1.807) is 12.4 Å². The molecule has 0 aliphatic heterocycles. The minimum Gasteiger partial charge on any atom is -0.255 e. The molecule has 0 radical (unpaired) electrons. The highest BCUT2D eigenvalue weighted by atomic mass is 15.2. The first-order chi connectivity index (χ1) is 6.45. The lowest BCUT2D eigenvalue weighted by Gasteiger charge is -1.87. The fraction of sp³-hybridized carbons (Fsp3) is 0. The van der Waals surface area contributed by atoms with E-state index in [1.165, 1.54) is 6.33 Å². The van der Waals surface area contributed by atoms with Gasteiger partial charge in [0.25, 0.3) is 0 Å². The summed E-state index contributed by atoms with van der Waals surface area (Å²) in [4.78, 5) is 11.9. The molecule has 0 saturated heterocycles. The Labute approximate surface area is 74.6 Å². The number of nitrogens with one attached hydrogen (secondary N) is 1. The van der Waals surface area contributed by atoms with Crippen molar-refractivity contribution in [1.82, 2.24) is 20.2 Å². The Morgan fingerprint density at radius 1 is 1.31 bits per heavy atom. The van der Waals surface area contributed by atoms with E-state index in [0.29, 0.717) is 5.95 Å². The molecule has 0 aromatic carbocycles. The van der Waals surface area contributed by atoms with Gasteiger partial charge in [0.1, 0.15) is 6.33 Å². The molecule has 0 spiro atoms. The summed E-state index contributed by atoms with van der Waals surface area (Å²) >= 11 is 0. The molecule has 1 N–H and O–H groups in total. The van der Waals surface area contributed by atoms with Crippen LogP contribution in [0, 0.1) is 0 Å². The first-order valence-corrected chi connectivity index (χ1v) is 3.75. The van der Waals surface area contributed by atoms with Crippen molar-refractivity contribution in [3.63, 3.8) is 0 Å². The fourth-order valence-electron chi connectivity index (χ4n) is 0.841. The Morgan fingerprint density at radius 2 is 2.31 bits per heavy atom. The fourth-order valence-corrected chi connectivity index (χ4v) is 0.841. The van der Waals surface area contributed by atoms with Crippen molar-refractivity contribution < 1.29 is 0 Å². The molecule has 0 atom stereocenters. The number of aliphatic imine (C=N–C) groups is 1. The number of rotatable bonds is 2. The second-order valence-electron chi connectivity index (χ2n) is 2.32. The van der Waals surface area contributed by atoms with Crippen molar-refractivity contribution in [3.8, 4) is 0 Å². The lowest BCUT2D eigenvalue weighted by Crippen LogP contribution is -1.84. The lowest BCUT2D eigenvalue weighted by atomic mass is 10.4. The molecule has 0 bridgehead atoms. The monoisotopic (exact) mass is 173 g/mol. The molecule has 0 fully saturated rings. The molecule has 13 heavy (non-hydrogen) atoms. The predicted octanol–water partition coefficient (Wildman–Crippen LogP) is 0.950. The van der Waals surface area contributed by atoms with Gasteiger partial charge < -0.3 is 0 Å². The first kappa shape index (κ1) is 7.60. The maximum atomic E-state index is 4.07. The van der Waals surface area contributed by atoms with Crippen molar-refractivity contribution >= 4 is 12.2 Å². The Kier molecular flexibility index (Phi) is 2.09. The van der Waals surface area contributed by atoms with Crippen LogP contribution in [0.4, 0.5) is 5.95 Å². The van der Waals surface area contributed by atoms with Gasteiger partial charge in [-0.25, -0.2) is 10.1 Å². The van der Waals surface area contributed by atoms with E-state index in [1.807, 2.05) is 18.2 Å². The molecule has 2 aromatic heterocycles. The van der Waals surface area contributed by atoms with Crippen LogP contribution in [0.25, 0.3) is 0 Å². The van der Waals surface area contributed by atoms with Gasteiger partial charge in [0.2, 0.25) is 5.95 Å². The van der Waals surface area contributed by atoms with Gasteiger partial charge in [-0.15, -0.1) is 0 Å². The molecule has 0 saturated carbocycles. The van der Waals surface area contributed by atoms with E-state index in [4.69, 9.17) is 0 Å². The zero-order valence-electron chi connectivity index (χ0n) is 6.75. The maximum absolute atomic E-state index is 4.07. The Balaban J connectivity index is 2.15. The topological polar surface area (TPSA) is 66.8 Å². The second kappa shape index (κ2) is 3.57. The summed E-state index contributed by atoms with van der Waals surface area (Å²) in [5.41, 5.74) is 0.791. The maximum Gasteiger partial charge on any atom is 0.245 e. The van der Waals surface area contributed by atoms with Crippen LogP contribution in [0.15, 0.2) is 35.7 Å². The third kappa shape index (κ3) is 1.96. The summed E-state index contributed by atoms with van der Waals surface area (Å²) < 4.78 is 0. The zero-order chi connectivity index (χ0) is 8.93. The van der Waals surface area contributed by atoms with Crippen LogP contribution in [0.1, 0.15) is 5.69 Å². The zero-order valence-corrected chi connectivity index (χ0v) is 6.75. The van der Waals surface area contributed by atoms with Crippen molar-refractivity contribution in [2.45, 2.75) is 0 Å². The van der Waals surface area contributed by atoms with Crippen LogP contribution in [-0.2, 0) is 0 Å². The average molecular weight is 173 g/mol. The van der Waals surface area contributed by atoms with E-state index >= 15 is 0 Å². The van der Waals surface area contributed by atoms with Gasteiger partial charge in [0, 0.05) is 6.20 Å². The SMILES string of the molecule is C(=Nc1ncn[nH]1)c1ccccn1. The highest BCUT2D eigenvalue weighted by molar-refractivity contribution is 5.78. The minimum atomic E-state index is 0.477. The van der Waals surface area contributed by atoms with Crippen LogP contribution >= 0.6 is 0 Å². The van der Waals surface area contributed by atoms with Crippen LogP contribution in [0.2, 0.25) is 0 Å². The third-order valence-electron chi connectivity index (χ3n) is 1.41. The highest BCUT2D eigenvalue weighted by Gasteiger charge is 1.89. The summed E-state index contributed by atoms with van der Waals surface area (Å²) in [7, 11) is 0. The summed E-state index contributed by atoms with van der Waals surface area (Å²) in [5.74, 6) is 0.477. The van der Waals surface area contributed by atoms with E-state index in [0.717, 1.165) is 5.69 Å². The van der Waals surface area contributed by atoms with Crippen LogP contribution in [-0.4, -0.2) is 26.4 Å². The summed E-state index contributed by atoms with van der Waals surface area (Å²) in [5, 5.41) is 6.28. The van der Waals surface area contributed by atoms with Gasteiger partial charge in [-0.3, -0.25) is 4.98 Å². The molecule has 5 nitrogen and oxygen atoms in total. The molecule has 0 amide bonds. The number of nitrogens with zero attached hydrogens (tertiary/aromatic N) is 4. The van der Waals surface area contributed by atoms with Crippen molar-refractivity contribution in [2.75, 3.05) is 0 Å². The second-order valence-corrected chi connectivity index (χ2v) is 2.32. The van der Waals surface area contributed by atoms with Gasteiger partial charge in [-0.2, -0.15) is 10.1 Å². The summed E-state index contributed by atoms with van der Waals surface area (Å²) in [6.45, 7) is 0. The number of hydrogen-bond donors (Lipinski definition) is 1. The summed E-state index contributed by atoms with van der Waals surface area (Å²) in [6, 6.07) is 5.61. The largest absolute Gasteiger partial charge is 0.255 e. The lowest BCUT2D eigenvalue weighted by molar-refractivity contribution is 1.08. The molecular weight excluding hydrogens is 166 g/mol. The Bertz CT molecular complexity index is 378. The van der Waals surface area contributed by atoms with E-state index < -0.39 is 0 Å². The standard InChI is InChI=1S/C8H7N5/c1-2-4-9-7(3-1)5-10-8-11-6-12-13-8/h1-6H,(H,11,12,13). The molecular formula is C8H7N5. The van der Waals surface area contributed by atoms with Crippen LogP contribution < -0.4 is 0 Å². The molecule has 64 valence electrons. The van der Waals surface area contributed by atoms with E-state index in [-0.39, 0.29) is 0 Å². The average Bonchev–Trinajstić information content (AvgIpc) is 2.69. The van der Waals surface area contributed by atoms with Crippen molar-refractivity contribution in [1.29, 1.82) is 0 Å². The van der Waals surface area contributed by atoms with E-state index in [9.17, 15) is 0 Å². The van der Waals surface area contributed by atoms with Crippen molar-refractivity contribution in [3.05, 3.63) is 36.4 Å². The van der Waals surface area contributed by atoms with Crippen molar-refractivity contribution in [2.24, 2.45) is 4.99 Å². The molecule has 5 heteroatoms. The number of aromatic amines is 1. The first-order valence-electron chi connectivity index (χ1n) is 3.75. The van der Waals surface area contributed by atoms with Gasteiger partial charge in [0.15, 0.2) is 0 Å². The van der Waals surface area contributed by atoms with Gasteiger partial charge in [0.05, 0.1) is 11.9 Å². The number of aromatic nitrogens is 4. The Morgan fingerprint density at radius 3 is 3.00 bits per heavy atom. The number of H-pyrrole nitrogens is 1. The molecule has 0 unspecified atom stereocenters. The minimum absolute atomic E-state index is 0.477. The Hall–Kier alpha value is -2.04. The molecule has 2 aromatic rings.